The molecule has 0 aromatic carbocycles. The Morgan fingerprint density at radius 2 is 1.88 bits per heavy atom. The molecule has 0 bridgehead atoms. The molecule has 2 rings (SSSR count). The maximum absolute atomic E-state index is 11.9. The maximum atomic E-state index is 11.9. The van der Waals surface area contributed by atoms with Crippen LogP contribution >= 0.6 is 0 Å². The number of alkyl carbamates (subject to hydrolysis) is 1. The van der Waals surface area contributed by atoms with Crippen LogP contribution in [0.4, 0.5) is 4.79 Å². The van der Waals surface area contributed by atoms with Gasteiger partial charge in [-0.2, -0.15) is 0 Å². The highest BCUT2D eigenvalue weighted by atomic mass is 16.6. The molecule has 0 aromatic rings. The van der Waals surface area contributed by atoms with Crippen LogP contribution in [0.15, 0.2) is 0 Å². The molecule has 1 aliphatic heterocycles. The average Bonchev–Trinajstić information content (AvgIpc) is 2.92. The van der Waals surface area contributed by atoms with Gasteiger partial charge in [0, 0.05) is 12.1 Å². The van der Waals surface area contributed by atoms with Crippen molar-refractivity contribution in [3.8, 4) is 0 Å². The largest absolute Gasteiger partial charge is 0.444 e. The molecule has 1 saturated carbocycles. The number of hydrogen-bond donors (Lipinski definition) is 1. The Kier molecular flexibility index (Phi) is 2.69. The van der Waals surface area contributed by atoms with E-state index in [4.69, 9.17) is 4.74 Å². The van der Waals surface area contributed by atoms with Gasteiger partial charge in [-0.15, -0.1) is 0 Å². The van der Waals surface area contributed by atoms with Crippen molar-refractivity contribution in [2.24, 2.45) is 0 Å². The number of likely N-dealkylation sites (tertiary alicyclic amines) is 1. The average molecular weight is 240 g/mol. The summed E-state index contributed by atoms with van der Waals surface area (Å²) in [6.07, 6.45) is 3.00. The zero-order valence-corrected chi connectivity index (χ0v) is 11.6. The molecule has 0 spiro atoms. The Bertz CT molecular complexity index is 331. The maximum Gasteiger partial charge on any atom is 0.408 e. The van der Waals surface area contributed by atoms with E-state index < -0.39 is 5.60 Å². The molecule has 1 heterocycles. The molecule has 0 aromatic heterocycles. The van der Waals surface area contributed by atoms with Crippen LogP contribution in [0, 0.1) is 0 Å². The van der Waals surface area contributed by atoms with Gasteiger partial charge in [-0.3, -0.25) is 4.90 Å². The lowest BCUT2D eigenvalue weighted by molar-refractivity contribution is -0.0218. The van der Waals surface area contributed by atoms with Crippen LogP contribution in [0.25, 0.3) is 0 Å². The van der Waals surface area contributed by atoms with Gasteiger partial charge in [0.2, 0.25) is 0 Å². The van der Waals surface area contributed by atoms with Gasteiger partial charge >= 0.3 is 6.09 Å². The summed E-state index contributed by atoms with van der Waals surface area (Å²) in [6.45, 7) is 9.03. The first-order valence-electron chi connectivity index (χ1n) is 6.41. The summed E-state index contributed by atoms with van der Waals surface area (Å²) in [5, 5.41) is 3.09. The molecule has 1 atom stereocenters. The molecule has 4 heteroatoms. The van der Waals surface area contributed by atoms with Crippen LogP contribution in [0.2, 0.25) is 0 Å². The van der Waals surface area contributed by atoms with Crippen LogP contribution in [0.1, 0.15) is 47.0 Å². The van der Waals surface area contributed by atoms with Crippen LogP contribution in [0.3, 0.4) is 0 Å². The summed E-state index contributed by atoms with van der Waals surface area (Å²) in [6, 6.07) is 0. The minimum absolute atomic E-state index is 0.0532. The molecule has 4 nitrogen and oxygen atoms in total. The SMILES string of the molecule is CN1CCC1(C)C1(NC(=O)OC(C)(C)C)CC1. The first-order chi connectivity index (χ1) is 7.69. The summed E-state index contributed by atoms with van der Waals surface area (Å²) in [7, 11) is 2.13. The van der Waals surface area contributed by atoms with E-state index in [0.29, 0.717) is 0 Å². The van der Waals surface area contributed by atoms with Crippen molar-refractivity contribution in [3.63, 3.8) is 0 Å². The number of carbonyl (C=O) groups excluding carboxylic acids is 1. The number of hydrogen-bond acceptors (Lipinski definition) is 3. The quantitative estimate of drug-likeness (QED) is 0.804. The highest BCUT2D eigenvalue weighted by Gasteiger charge is 2.62. The van der Waals surface area contributed by atoms with Crippen molar-refractivity contribution in [2.75, 3.05) is 13.6 Å². The molecule has 17 heavy (non-hydrogen) atoms. The van der Waals surface area contributed by atoms with Gasteiger partial charge < -0.3 is 10.1 Å². The van der Waals surface area contributed by atoms with Gasteiger partial charge in [-0.05, 0) is 54.0 Å². The molecule has 0 radical (unpaired) electrons. The Labute approximate surface area is 104 Å². The molecule has 1 unspecified atom stereocenters. The van der Waals surface area contributed by atoms with Gasteiger partial charge in [0.15, 0.2) is 0 Å². The second kappa shape index (κ2) is 3.61. The van der Waals surface area contributed by atoms with Gasteiger partial charge in [0.05, 0.1) is 5.54 Å². The lowest BCUT2D eigenvalue weighted by Crippen LogP contribution is -2.68. The number of ether oxygens (including phenoxy) is 1. The lowest BCUT2D eigenvalue weighted by Gasteiger charge is -2.54. The van der Waals surface area contributed by atoms with Crippen molar-refractivity contribution in [1.82, 2.24) is 10.2 Å². The Hall–Kier alpha value is -0.770. The number of likely N-dealkylation sites (N-methyl/N-ethyl adjacent to an activating group) is 1. The predicted molar refractivity (Wildman–Crippen MR) is 67.0 cm³/mol. The second-order valence-electron chi connectivity index (χ2n) is 6.65. The highest BCUT2D eigenvalue weighted by Crippen LogP contribution is 2.52. The molecule has 98 valence electrons. The Morgan fingerprint density at radius 3 is 2.18 bits per heavy atom. The summed E-state index contributed by atoms with van der Waals surface area (Å²) >= 11 is 0. The van der Waals surface area contributed by atoms with Gasteiger partial charge in [0.1, 0.15) is 5.60 Å². The number of nitrogens with one attached hydrogen (secondary N) is 1. The third-order valence-corrected chi connectivity index (χ3v) is 4.30. The first kappa shape index (κ1) is 12.7. The van der Waals surface area contributed by atoms with Gasteiger partial charge in [-0.25, -0.2) is 4.79 Å². The predicted octanol–water partition coefficient (Wildman–Crippen LogP) is 2.14. The molecular formula is C13H24N2O2. The summed E-state index contributed by atoms with van der Waals surface area (Å²) in [5.41, 5.74) is -0.362. The minimum atomic E-state index is -0.424. The fourth-order valence-corrected chi connectivity index (χ4v) is 2.70. The van der Waals surface area contributed by atoms with E-state index in [1.807, 2.05) is 20.8 Å². The van der Waals surface area contributed by atoms with Crippen molar-refractivity contribution < 1.29 is 9.53 Å². The van der Waals surface area contributed by atoms with E-state index in [1.54, 1.807) is 0 Å². The summed E-state index contributed by atoms with van der Waals surface area (Å²) in [5.74, 6) is 0. The fraction of sp³-hybridized carbons (Fsp3) is 0.923. The van der Waals surface area contributed by atoms with Crippen LogP contribution in [-0.2, 0) is 4.74 Å². The van der Waals surface area contributed by atoms with Crippen molar-refractivity contribution in [3.05, 3.63) is 0 Å². The molecule has 2 fully saturated rings. The van der Waals surface area contributed by atoms with Crippen LogP contribution in [-0.4, -0.2) is 41.3 Å². The van der Waals surface area contributed by atoms with E-state index in [2.05, 4.69) is 24.2 Å². The highest BCUT2D eigenvalue weighted by molar-refractivity contribution is 5.70. The van der Waals surface area contributed by atoms with Crippen LogP contribution in [0.5, 0.6) is 0 Å². The number of rotatable bonds is 2. The Balaban J connectivity index is 1.97. The smallest absolute Gasteiger partial charge is 0.408 e. The zero-order chi connectivity index (χ0) is 12.9. The zero-order valence-electron chi connectivity index (χ0n) is 11.6. The standard InChI is InChI=1S/C13H24N2O2/c1-11(2,3)17-10(16)14-13(6-7-13)12(4)8-9-15(12)5/h6-9H2,1-5H3,(H,14,16). The number of nitrogens with zero attached hydrogens (tertiary/aromatic N) is 1. The second-order valence-corrected chi connectivity index (χ2v) is 6.65. The van der Waals surface area contributed by atoms with Crippen molar-refractivity contribution >= 4 is 6.09 Å². The van der Waals surface area contributed by atoms with Crippen molar-refractivity contribution in [2.45, 2.75) is 63.6 Å². The third kappa shape index (κ3) is 2.15. The molecule has 1 saturated heterocycles. The lowest BCUT2D eigenvalue weighted by atomic mass is 9.78. The van der Waals surface area contributed by atoms with Gasteiger partial charge in [-0.1, -0.05) is 0 Å². The van der Waals surface area contributed by atoms with E-state index in [1.165, 1.54) is 0 Å². The monoisotopic (exact) mass is 240 g/mol. The third-order valence-electron chi connectivity index (χ3n) is 4.30. The Morgan fingerprint density at radius 1 is 1.29 bits per heavy atom. The molecule has 1 aliphatic carbocycles. The molecule has 1 N–H and O–H groups in total. The summed E-state index contributed by atoms with van der Waals surface area (Å²) in [4.78, 5) is 14.2. The molecule has 2 aliphatic rings. The van der Waals surface area contributed by atoms with E-state index in [9.17, 15) is 4.79 Å². The minimum Gasteiger partial charge on any atom is -0.444 e. The van der Waals surface area contributed by atoms with Crippen LogP contribution < -0.4 is 5.32 Å². The van der Waals surface area contributed by atoms with E-state index >= 15 is 0 Å². The topological polar surface area (TPSA) is 41.6 Å². The first-order valence-corrected chi connectivity index (χ1v) is 6.41. The normalized spacial score (nSPS) is 31.6. The number of amides is 1. The van der Waals surface area contributed by atoms with Gasteiger partial charge in [0.25, 0.3) is 0 Å². The number of carbonyl (C=O) groups is 1. The molecular weight excluding hydrogens is 216 g/mol. The van der Waals surface area contributed by atoms with E-state index in [-0.39, 0.29) is 17.2 Å². The summed E-state index contributed by atoms with van der Waals surface area (Å²) < 4.78 is 5.34. The fourth-order valence-electron chi connectivity index (χ4n) is 2.70. The van der Waals surface area contributed by atoms with E-state index in [0.717, 1.165) is 25.8 Å². The van der Waals surface area contributed by atoms with Crippen molar-refractivity contribution in [1.29, 1.82) is 0 Å². The molecule has 1 amide bonds.